The Labute approximate surface area is 139 Å². The molecule has 0 aromatic heterocycles. The predicted octanol–water partition coefficient (Wildman–Crippen LogP) is 4.64. The molecular weight excluding hydrogens is 341 g/mol. The van der Waals surface area contributed by atoms with Crippen molar-refractivity contribution in [3.63, 3.8) is 0 Å². The van der Waals surface area contributed by atoms with Crippen LogP contribution in [0.4, 0.5) is 0 Å². The van der Waals surface area contributed by atoms with E-state index in [-0.39, 0.29) is 9.80 Å². The van der Waals surface area contributed by atoms with Crippen LogP contribution in [0, 0.1) is 18.3 Å². The summed E-state index contributed by atoms with van der Waals surface area (Å²) in [6.45, 7) is 1.85. The molecule has 0 unspecified atom stereocenters. The number of sulfone groups is 1. The number of rotatable bonds is 3. The Hall–Kier alpha value is -1.80. The molecule has 0 fully saturated rings. The van der Waals surface area contributed by atoms with Crippen LogP contribution in [0.1, 0.15) is 11.1 Å². The van der Waals surface area contributed by atoms with E-state index in [0.717, 1.165) is 5.56 Å². The summed E-state index contributed by atoms with van der Waals surface area (Å²) < 4.78 is 25.0. The monoisotopic (exact) mass is 351 g/mol. The van der Waals surface area contributed by atoms with Crippen LogP contribution in [0.5, 0.6) is 0 Å². The maximum Gasteiger partial charge on any atom is 0.216 e. The Balaban J connectivity index is 2.51. The van der Waals surface area contributed by atoms with Gasteiger partial charge in [-0.05, 0) is 42.8 Å². The highest BCUT2D eigenvalue weighted by molar-refractivity contribution is 7.95. The number of nitriles is 1. The third-order valence-electron chi connectivity index (χ3n) is 2.97. The predicted molar refractivity (Wildman–Crippen MR) is 88.4 cm³/mol. The van der Waals surface area contributed by atoms with Crippen LogP contribution in [0.25, 0.3) is 6.08 Å². The van der Waals surface area contributed by atoms with Crippen molar-refractivity contribution in [2.24, 2.45) is 0 Å². The molecule has 0 N–H and O–H groups in total. The second kappa shape index (κ2) is 6.53. The van der Waals surface area contributed by atoms with Crippen molar-refractivity contribution in [2.45, 2.75) is 11.8 Å². The van der Waals surface area contributed by atoms with Gasteiger partial charge >= 0.3 is 0 Å². The first-order valence-electron chi connectivity index (χ1n) is 6.23. The standard InChI is InChI=1S/C16H11Cl2NO2S/c1-11-2-5-13(6-3-11)22(20,21)14(10-19)8-12-4-7-15(17)16(18)9-12/h2-9H,1H3/b14-8-. The zero-order valence-corrected chi connectivity index (χ0v) is 13.9. The number of benzene rings is 2. The van der Waals surface area contributed by atoms with Gasteiger partial charge in [0.15, 0.2) is 0 Å². The molecule has 0 radical (unpaired) electrons. The van der Waals surface area contributed by atoms with Crippen LogP contribution >= 0.6 is 23.2 Å². The van der Waals surface area contributed by atoms with E-state index in [2.05, 4.69) is 0 Å². The normalized spacial score (nSPS) is 12.0. The van der Waals surface area contributed by atoms with Crippen molar-refractivity contribution in [1.29, 1.82) is 5.26 Å². The zero-order chi connectivity index (χ0) is 16.3. The lowest BCUT2D eigenvalue weighted by Crippen LogP contribution is -2.03. The van der Waals surface area contributed by atoms with Crippen molar-refractivity contribution in [1.82, 2.24) is 0 Å². The Morgan fingerprint density at radius 3 is 2.27 bits per heavy atom. The summed E-state index contributed by atoms with van der Waals surface area (Å²) in [5.74, 6) is 0. The van der Waals surface area contributed by atoms with Crippen LogP contribution in [-0.2, 0) is 9.84 Å². The van der Waals surface area contributed by atoms with Crippen LogP contribution in [-0.4, -0.2) is 8.42 Å². The summed E-state index contributed by atoms with van der Waals surface area (Å²) in [5.41, 5.74) is 1.42. The van der Waals surface area contributed by atoms with Crippen LogP contribution < -0.4 is 0 Å². The first-order chi connectivity index (χ1) is 10.3. The summed E-state index contributed by atoms with van der Waals surface area (Å²) >= 11 is 11.7. The molecule has 2 aromatic carbocycles. The van der Waals surface area contributed by atoms with Gasteiger partial charge in [-0.25, -0.2) is 8.42 Å². The highest BCUT2D eigenvalue weighted by atomic mass is 35.5. The molecule has 0 atom stereocenters. The molecule has 0 amide bonds. The average molecular weight is 352 g/mol. The smallest absolute Gasteiger partial charge is 0.216 e. The largest absolute Gasteiger partial charge is 0.218 e. The van der Waals surface area contributed by atoms with Crippen molar-refractivity contribution in [3.05, 3.63) is 68.5 Å². The van der Waals surface area contributed by atoms with Crippen molar-refractivity contribution >= 4 is 39.1 Å². The lowest BCUT2D eigenvalue weighted by Gasteiger charge is -2.04. The topological polar surface area (TPSA) is 57.9 Å². The van der Waals surface area contributed by atoms with Gasteiger partial charge in [0.05, 0.1) is 14.9 Å². The lowest BCUT2D eigenvalue weighted by molar-refractivity contribution is 0.603. The third-order valence-corrected chi connectivity index (χ3v) is 5.39. The van der Waals surface area contributed by atoms with E-state index in [1.807, 2.05) is 6.92 Å². The van der Waals surface area contributed by atoms with Crippen LogP contribution in [0.15, 0.2) is 52.3 Å². The van der Waals surface area contributed by atoms with Crippen molar-refractivity contribution in [2.75, 3.05) is 0 Å². The summed E-state index contributed by atoms with van der Waals surface area (Å²) in [5, 5.41) is 9.86. The Morgan fingerprint density at radius 1 is 1.09 bits per heavy atom. The first-order valence-corrected chi connectivity index (χ1v) is 8.47. The number of hydrogen-bond acceptors (Lipinski definition) is 3. The van der Waals surface area contributed by atoms with E-state index in [1.54, 1.807) is 30.3 Å². The molecule has 22 heavy (non-hydrogen) atoms. The Kier molecular flexibility index (Phi) is 4.92. The van der Waals surface area contributed by atoms with E-state index in [9.17, 15) is 13.7 Å². The van der Waals surface area contributed by atoms with Crippen molar-refractivity contribution < 1.29 is 8.42 Å². The molecule has 6 heteroatoms. The van der Waals surface area contributed by atoms with Crippen LogP contribution in [0.3, 0.4) is 0 Å². The van der Waals surface area contributed by atoms with E-state index < -0.39 is 9.84 Å². The van der Waals surface area contributed by atoms with E-state index in [0.29, 0.717) is 15.6 Å². The molecule has 0 bridgehead atoms. The maximum absolute atomic E-state index is 12.5. The van der Waals surface area contributed by atoms with Gasteiger partial charge < -0.3 is 0 Å². The summed E-state index contributed by atoms with van der Waals surface area (Å²) in [4.78, 5) is -0.277. The van der Waals surface area contributed by atoms with Gasteiger partial charge in [0.25, 0.3) is 0 Å². The fraction of sp³-hybridized carbons (Fsp3) is 0.0625. The molecule has 2 rings (SSSR count). The molecule has 0 aliphatic heterocycles. The minimum Gasteiger partial charge on any atom is -0.218 e. The van der Waals surface area contributed by atoms with Gasteiger partial charge in [0.2, 0.25) is 9.84 Å². The third kappa shape index (κ3) is 3.50. The quantitative estimate of drug-likeness (QED) is 0.756. The Morgan fingerprint density at radius 2 is 1.73 bits per heavy atom. The van der Waals surface area contributed by atoms with Crippen LogP contribution in [0.2, 0.25) is 10.0 Å². The van der Waals surface area contributed by atoms with Gasteiger partial charge in [-0.2, -0.15) is 5.26 Å². The molecule has 0 saturated heterocycles. The molecule has 3 nitrogen and oxygen atoms in total. The molecule has 112 valence electrons. The van der Waals surface area contributed by atoms with E-state index in [4.69, 9.17) is 23.2 Å². The fourth-order valence-electron chi connectivity index (χ4n) is 1.77. The minimum atomic E-state index is -3.87. The number of allylic oxidation sites excluding steroid dienone is 1. The van der Waals surface area contributed by atoms with Crippen molar-refractivity contribution in [3.8, 4) is 6.07 Å². The average Bonchev–Trinajstić information content (AvgIpc) is 2.48. The van der Waals surface area contributed by atoms with Gasteiger partial charge in [-0.15, -0.1) is 0 Å². The molecule has 0 spiro atoms. The maximum atomic E-state index is 12.5. The zero-order valence-electron chi connectivity index (χ0n) is 11.5. The summed E-state index contributed by atoms with van der Waals surface area (Å²) in [6, 6.07) is 12.7. The highest BCUT2D eigenvalue weighted by Crippen LogP contribution is 2.26. The van der Waals surface area contributed by atoms with E-state index in [1.165, 1.54) is 24.3 Å². The molecule has 2 aromatic rings. The Bertz CT molecular complexity index is 879. The SMILES string of the molecule is Cc1ccc(S(=O)(=O)/C(C#N)=C\c2ccc(Cl)c(Cl)c2)cc1. The molecule has 0 heterocycles. The molecule has 0 saturated carbocycles. The number of aryl methyl sites for hydroxylation is 1. The van der Waals surface area contributed by atoms with E-state index >= 15 is 0 Å². The minimum absolute atomic E-state index is 0.0750. The first kappa shape index (κ1) is 16.6. The summed E-state index contributed by atoms with van der Waals surface area (Å²) in [7, 11) is -3.87. The van der Waals surface area contributed by atoms with Gasteiger partial charge in [0, 0.05) is 0 Å². The number of halogens is 2. The molecule has 0 aliphatic carbocycles. The van der Waals surface area contributed by atoms with Gasteiger partial charge in [-0.3, -0.25) is 0 Å². The molecule has 0 aliphatic rings. The highest BCUT2D eigenvalue weighted by Gasteiger charge is 2.20. The summed E-state index contributed by atoms with van der Waals surface area (Å²) in [6.07, 6.45) is 1.28. The lowest BCUT2D eigenvalue weighted by atomic mass is 10.2. The number of nitrogens with zero attached hydrogens (tertiary/aromatic N) is 1. The molecular formula is C16H11Cl2NO2S. The van der Waals surface area contributed by atoms with Gasteiger partial charge in [-0.1, -0.05) is 47.0 Å². The second-order valence-electron chi connectivity index (χ2n) is 4.61. The fourth-order valence-corrected chi connectivity index (χ4v) is 3.23. The number of hydrogen-bond donors (Lipinski definition) is 0. The van der Waals surface area contributed by atoms with Gasteiger partial charge in [0.1, 0.15) is 11.0 Å². The second-order valence-corrected chi connectivity index (χ2v) is 7.34.